The van der Waals surface area contributed by atoms with Gasteiger partial charge in [0.25, 0.3) is 0 Å². The number of carbonyl (C=O) groups excluding carboxylic acids is 1. The number of nitrogens with two attached hydrogens (primary N) is 1. The largest absolute Gasteiger partial charge is 0.508 e. The third kappa shape index (κ3) is 1.37. The molecule has 1 aromatic rings. The zero-order valence-electron chi connectivity index (χ0n) is 6.47. The van der Waals surface area contributed by atoms with Crippen LogP contribution < -0.4 is 5.73 Å². The predicted octanol–water partition coefficient (Wildman–Crippen LogP) is 1.32. The quantitative estimate of drug-likeness (QED) is 0.492. The lowest BCUT2D eigenvalue weighted by Crippen LogP contribution is -2.02. The van der Waals surface area contributed by atoms with E-state index in [9.17, 15) is 9.18 Å². The Morgan fingerprint density at radius 2 is 2.17 bits per heavy atom. The Balaban J connectivity index is 3.38. The molecule has 4 heteroatoms. The van der Waals surface area contributed by atoms with Crippen LogP contribution in [0.1, 0.15) is 17.3 Å². The van der Waals surface area contributed by atoms with Gasteiger partial charge in [0, 0.05) is 17.8 Å². The molecular weight excluding hydrogens is 161 g/mol. The van der Waals surface area contributed by atoms with Gasteiger partial charge in [-0.05, 0) is 6.92 Å². The smallest absolute Gasteiger partial charge is 0.164 e. The van der Waals surface area contributed by atoms with Crippen LogP contribution in [0.4, 0.5) is 10.1 Å². The molecule has 1 rings (SSSR count). The van der Waals surface area contributed by atoms with E-state index in [1.54, 1.807) is 0 Å². The molecule has 0 atom stereocenters. The zero-order valence-corrected chi connectivity index (χ0v) is 6.47. The molecule has 0 amide bonds. The average molecular weight is 169 g/mol. The van der Waals surface area contributed by atoms with Gasteiger partial charge >= 0.3 is 0 Å². The van der Waals surface area contributed by atoms with Crippen LogP contribution in [0.3, 0.4) is 0 Å². The van der Waals surface area contributed by atoms with Crippen molar-refractivity contribution in [2.24, 2.45) is 0 Å². The maximum atomic E-state index is 12.9. The highest BCUT2D eigenvalue weighted by atomic mass is 19.1. The summed E-state index contributed by atoms with van der Waals surface area (Å²) in [6.07, 6.45) is 0. The van der Waals surface area contributed by atoms with Crippen LogP contribution in [0.25, 0.3) is 0 Å². The second kappa shape index (κ2) is 2.81. The molecule has 3 nitrogen and oxygen atoms in total. The first-order chi connectivity index (χ1) is 5.52. The minimum Gasteiger partial charge on any atom is -0.508 e. The average Bonchev–Trinajstić information content (AvgIpc) is 1.82. The van der Waals surface area contributed by atoms with Crippen molar-refractivity contribution in [3.8, 4) is 5.75 Å². The Hall–Kier alpha value is -1.58. The molecule has 0 aliphatic carbocycles. The first-order valence-corrected chi connectivity index (χ1v) is 3.31. The number of hydrogen-bond acceptors (Lipinski definition) is 3. The number of hydrogen-bond donors (Lipinski definition) is 2. The topological polar surface area (TPSA) is 63.3 Å². The molecule has 0 spiro atoms. The first kappa shape index (κ1) is 8.52. The van der Waals surface area contributed by atoms with Gasteiger partial charge in [0.05, 0.1) is 5.56 Å². The highest BCUT2D eigenvalue weighted by Gasteiger charge is 2.12. The summed E-state index contributed by atoms with van der Waals surface area (Å²) in [5.74, 6) is -1.53. The van der Waals surface area contributed by atoms with Gasteiger partial charge in [0.2, 0.25) is 0 Å². The number of anilines is 1. The number of Topliss-reactive ketones (excluding diaryl/α,β-unsaturated/α-hetero) is 1. The number of phenols is 1. The first-order valence-electron chi connectivity index (χ1n) is 3.31. The summed E-state index contributed by atoms with van der Waals surface area (Å²) < 4.78 is 12.9. The van der Waals surface area contributed by atoms with Crippen molar-refractivity contribution in [2.45, 2.75) is 6.92 Å². The number of phenolic OH excluding ortho intramolecular Hbond substituents is 1. The number of benzene rings is 1. The fourth-order valence-electron chi connectivity index (χ4n) is 0.984. The minimum absolute atomic E-state index is 0.0417. The van der Waals surface area contributed by atoms with Gasteiger partial charge in [-0.25, -0.2) is 4.39 Å². The number of ketones is 1. The van der Waals surface area contributed by atoms with Crippen molar-refractivity contribution in [1.29, 1.82) is 0 Å². The third-order valence-corrected chi connectivity index (χ3v) is 1.46. The van der Waals surface area contributed by atoms with Gasteiger partial charge in [-0.1, -0.05) is 0 Å². The standard InChI is InChI=1S/C8H8FNO2/c1-4(11)8-6(9)2-5(12)3-7(8)10/h2-3,12H,10H2,1H3. The van der Waals surface area contributed by atoms with Crippen LogP contribution in [0.15, 0.2) is 12.1 Å². The van der Waals surface area contributed by atoms with Crippen LogP contribution in [0, 0.1) is 5.82 Å². The molecule has 0 saturated heterocycles. The lowest BCUT2D eigenvalue weighted by molar-refractivity contribution is 0.101. The Labute approximate surface area is 68.6 Å². The fraction of sp³-hybridized carbons (Fsp3) is 0.125. The van der Waals surface area contributed by atoms with E-state index in [1.165, 1.54) is 6.92 Å². The highest BCUT2D eigenvalue weighted by molar-refractivity contribution is 5.99. The van der Waals surface area contributed by atoms with Crippen LogP contribution in [-0.4, -0.2) is 10.9 Å². The number of aromatic hydroxyl groups is 1. The molecule has 0 fully saturated rings. The minimum atomic E-state index is -0.792. The van der Waals surface area contributed by atoms with Crippen molar-refractivity contribution in [3.63, 3.8) is 0 Å². The molecule has 0 saturated carbocycles. The van der Waals surface area contributed by atoms with E-state index < -0.39 is 11.6 Å². The summed E-state index contributed by atoms with van der Waals surface area (Å²) in [5, 5.41) is 8.87. The highest BCUT2D eigenvalue weighted by Crippen LogP contribution is 2.22. The second-order valence-electron chi connectivity index (χ2n) is 2.45. The number of carbonyl (C=O) groups is 1. The van der Waals surface area contributed by atoms with Gasteiger partial charge in [-0.2, -0.15) is 0 Å². The van der Waals surface area contributed by atoms with E-state index in [0.717, 1.165) is 12.1 Å². The monoisotopic (exact) mass is 169 g/mol. The normalized spacial score (nSPS) is 9.83. The molecule has 0 aliphatic heterocycles. The second-order valence-corrected chi connectivity index (χ2v) is 2.45. The fourth-order valence-corrected chi connectivity index (χ4v) is 0.984. The lowest BCUT2D eigenvalue weighted by Gasteiger charge is -2.03. The molecule has 0 unspecified atom stereocenters. The molecule has 12 heavy (non-hydrogen) atoms. The summed E-state index contributed by atoms with van der Waals surface area (Å²) in [4.78, 5) is 10.8. The Kier molecular flexibility index (Phi) is 1.99. The van der Waals surface area contributed by atoms with E-state index in [2.05, 4.69) is 0 Å². The van der Waals surface area contributed by atoms with Gasteiger partial charge in [0.1, 0.15) is 11.6 Å². The summed E-state index contributed by atoms with van der Waals surface area (Å²) in [5.41, 5.74) is 5.09. The van der Waals surface area contributed by atoms with Crippen molar-refractivity contribution in [1.82, 2.24) is 0 Å². The maximum Gasteiger partial charge on any atom is 0.164 e. The molecule has 0 aliphatic rings. The number of halogens is 1. The SMILES string of the molecule is CC(=O)c1c(N)cc(O)cc1F. The zero-order chi connectivity index (χ0) is 9.30. The molecule has 0 radical (unpaired) electrons. The van der Waals surface area contributed by atoms with Gasteiger partial charge in [-0.15, -0.1) is 0 Å². The van der Waals surface area contributed by atoms with Gasteiger partial charge in [0.15, 0.2) is 5.78 Å². The molecular formula is C8H8FNO2. The van der Waals surface area contributed by atoms with Crippen LogP contribution >= 0.6 is 0 Å². The molecule has 0 heterocycles. The molecule has 3 N–H and O–H groups in total. The van der Waals surface area contributed by atoms with Crippen molar-refractivity contribution in [2.75, 3.05) is 5.73 Å². The summed E-state index contributed by atoms with van der Waals surface area (Å²) in [7, 11) is 0. The van der Waals surface area contributed by atoms with Crippen molar-refractivity contribution in [3.05, 3.63) is 23.5 Å². The maximum absolute atomic E-state index is 12.9. The van der Waals surface area contributed by atoms with E-state index >= 15 is 0 Å². The molecule has 1 aromatic carbocycles. The predicted molar refractivity (Wildman–Crippen MR) is 42.5 cm³/mol. The molecule has 64 valence electrons. The Morgan fingerprint density at radius 1 is 1.58 bits per heavy atom. The van der Waals surface area contributed by atoms with Gasteiger partial charge in [-0.3, -0.25) is 4.79 Å². The molecule has 0 aromatic heterocycles. The van der Waals surface area contributed by atoms with Crippen LogP contribution in [0.2, 0.25) is 0 Å². The van der Waals surface area contributed by atoms with Crippen LogP contribution in [-0.2, 0) is 0 Å². The van der Waals surface area contributed by atoms with Gasteiger partial charge < -0.3 is 10.8 Å². The van der Waals surface area contributed by atoms with E-state index in [1.807, 2.05) is 0 Å². The van der Waals surface area contributed by atoms with Crippen molar-refractivity contribution >= 4 is 11.5 Å². The number of rotatable bonds is 1. The Morgan fingerprint density at radius 3 is 2.58 bits per heavy atom. The van der Waals surface area contributed by atoms with E-state index in [4.69, 9.17) is 10.8 Å². The van der Waals surface area contributed by atoms with E-state index in [0.29, 0.717) is 0 Å². The molecule has 0 bridgehead atoms. The van der Waals surface area contributed by atoms with Crippen molar-refractivity contribution < 1.29 is 14.3 Å². The summed E-state index contributed by atoms with van der Waals surface area (Å²) >= 11 is 0. The van der Waals surface area contributed by atoms with Crippen LogP contribution in [0.5, 0.6) is 5.75 Å². The van der Waals surface area contributed by atoms with E-state index in [-0.39, 0.29) is 17.0 Å². The number of nitrogen functional groups attached to an aromatic ring is 1. The lowest BCUT2D eigenvalue weighted by atomic mass is 10.1. The Bertz CT molecular complexity index is 313. The third-order valence-electron chi connectivity index (χ3n) is 1.46. The summed E-state index contributed by atoms with van der Waals surface area (Å²) in [6, 6.07) is 1.99. The summed E-state index contributed by atoms with van der Waals surface area (Å²) in [6.45, 7) is 1.21.